The van der Waals surface area contributed by atoms with Gasteiger partial charge in [0.1, 0.15) is 18.2 Å². The number of nitrogens with zero attached hydrogens (tertiary/aromatic N) is 2. The van der Waals surface area contributed by atoms with E-state index in [0.717, 1.165) is 50.5 Å². The Bertz CT molecular complexity index is 729. The number of fused-ring (bicyclic) bond motifs is 4. The first-order valence-electron chi connectivity index (χ1n) is 19.8. The van der Waals surface area contributed by atoms with Crippen LogP contribution in [0.2, 0.25) is 0 Å². The van der Waals surface area contributed by atoms with Crippen molar-refractivity contribution in [3.8, 4) is 11.5 Å². The molecule has 0 spiro atoms. The fraction of sp³-hybridized carbons (Fsp3) is 0.850. The summed E-state index contributed by atoms with van der Waals surface area (Å²) >= 11 is 0. The van der Waals surface area contributed by atoms with Crippen molar-refractivity contribution in [3.05, 3.63) is 24.3 Å². The van der Waals surface area contributed by atoms with Gasteiger partial charge >= 0.3 is 6.10 Å². The van der Waals surface area contributed by atoms with Crippen LogP contribution in [-0.2, 0) is 4.74 Å². The molecule has 0 saturated carbocycles. The molecule has 1 aromatic rings. The largest absolute Gasteiger partial charge is 0.448 e. The van der Waals surface area contributed by atoms with Crippen LogP contribution in [0.1, 0.15) is 182 Å². The maximum absolute atomic E-state index is 6.92. The first kappa shape index (κ1) is 39.9. The molecule has 0 aromatic heterocycles. The van der Waals surface area contributed by atoms with E-state index < -0.39 is 6.10 Å². The lowest BCUT2D eigenvalue weighted by atomic mass is 10.1. The second-order valence-corrected chi connectivity index (χ2v) is 13.6. The first-order chi connectivity index (χ1) is 22.2. The van der Waals surface area contributed by atoms with Crippen LogP contribution in [0.3, 0.4) is 0 Å². The molecule has 45 heavy (non-hydrogen) atoms. The van der Waals surface area contributed by atoms with E-state index in [1.165, 1.54) is 141 Å². The maximum Gasteiger partial charge on any atom is 0.448 e. The molecule has 2 bridgehead atoms. The minimum Gasteiger partial charge on any atom is -0.417 e. The lowest BCUT2D eigenvalue weighted by molar-refractivity contribution is -0.387. The van der Waals surface area contributed by atoms with Gasteiger partial charge in [0, 0.05) is 26.2 Å². The van der Waals surface area contributed by atoms with Crippen LogP contribution in [0.4, 0.5) is 0 Å². The molecular weight excluding hydrogens is 556 g/mol. The summed E-state index contributed by atoms with van der Waals surface area (Å²) in [6, 6.07) is 8.11. The number of benzene rings is 1. The van der Waals surface area contributed by atoms with Crippen molar-refractivity contribution in [1.82, 2.24) is 9.80 Å². The van der Waals surface area contributed by atoms with Crippen molar-refractivity contribution in [3.63, 3.8) is 0 Å². The van der Waals surface area contributed by atoms with Gasteiger partial charge in [0.15, 0.2) is 0 Å². The highest BCUT2D eigenvalue weighted by molar-refractivity contribution is 5.33. The molecule has 0 radical (unpaired) electrons. The molecule has 0 atom stereocenters. The lowest BCUT2D eigenvalue weighted by Crippen LogP contribution is -2.60. The number of ether oxygens (including phenoxy) is 3. The molecule has 2 aliphatic heterocycles. The molecule has 3 rings (SSSR count). The monoisotopic (exact) mass is 631 g/mol. The number of hydrogen-bond acceptors (Lipinski definition) is 5. The van der Waals surface area contributed by atoms with Crippen LogP contribution in [0.15, 0.2) is 24.3 Å². The van der Waals surface area contributed by atoms with Crippen molar-refractivity contribution in [2.75, 3.05) is 32.9 Å². The molecule has 1 aromatic carbocycles. The van der Waals surface area contributed by atoms with Crippen molar-refractivity contribution in [1.29, 1.82) is 0 Å². The zero-order valence-corrected chi connectivity index (χ0v) is 30.4. The highest BCUT2D eigenvalue weighted by atomic mass is 16.9. The Morgan fingerprint density at radius 2 is 0.756 bits per heavy atom. The van der Waals surface area contributed by atoms with E-state index >= 15 is 0 Å². The van der Waals surface area contributed by atoms with Crippen LogP contribution >= 0.6 is 0 Å². The van der Waals surface area contributed by atoms with Crippen molar-refractivity contribution >= 4 is 0 Å². The van der Waals surface area contributed by atoms with E-state index in [1.54, 1.807) is 0 Å². The SMILES string of the molecule is CCCCCCCCN(CCCCCCCC)COC1(N(CCCCCCCC)CCCCCCCC)Oc2ccc(cc2)O1. The maximum atomic E-state index is 6.92. The fourth-order valence-electron chi connectivity index (χ4n) is 6.37. The minimum absolute atomic E-state index is 0.536. The van der Waals surface area contributed by atoms with Crippen molar-refractivity contribution in [2.45, 2.75) is 188 Å². The molecule has 0 N–H and O–H groups in total. The van der Waals surface area contributed by atoms with Gasteiger partial charge < -0.3 is 9.47 Å². The van der Waals surface area contributed by atoms with Crippen LogP contribution in [0.25, 0.3) is 0 Å². The van der Waals surface area contributed by atoms with E-state index in [4.69, 9.17) is 14.2 Å². The fourth-order valence-corrected chi connectivity index (χ4v) is 6.37. The second-order valence-electron chi connectivity index (χ2n) is 13.6. The molecule has 0 fully saturated rings. The molecule has 5 heteroatoms. The Hall–Kier alpha value is -1.30. The summed E-state index contributed by atoms with van der Waals surface area (Å²) in [6.45, 7) is 13.7. The first-order valence-corrected chi connectivity index (χ1v) is 19.8. The van der Waals surface area contributed by atoms with Gasteiger partial charge in [-0.1, -0.05) is 156 Å². The minimum atomic E-state index is -1.22. The summed E-state index contributed by atoms with van der Waals surface area (Å²) < 4.78 is 20.3. The number of unbranched alkanes of at least 4 members (excludes halogenated alkanes) is 20. The Balaban J connectivity index is 2.12. The summed E-state index contributed by atoms with van der Waals surface area (Å²) in [4.78, 5) is 4.92. The van der Waals surface area contributed by atoms with Gasteiger partial charge in [-0.05, 0) is 49.9 Å². The second kappa shape index (κ2) is 26.7. The Morgan fingerprint density at radius 3 is 1.11 bits per heavy atom. The number of hydrogen-bond donors (Lipinski definition) is 0. The highest BCUT2D eigenvalue weighted by Gasteiger charge is 2.46. The van der Waals surface area contributed by atoms with Crippen molar-refractivity contribution < 1.29 is 14.2 Å². The van der Waals surface area contributed by atoms with Crippen molar-refractivity contribution in [2.24, 2.45) is 0 Å². The smallest absolute Gasteiger partial charge is 0.417 e. The third kappa shape index (κ3) is 18.0. The van der Waals surface area contributed by atoms with Gasteiger partial charge in [0.05, 0.1) is 0 Å². The average Bonchev–Trinajstić information content (AvgIpc) is 3.35. The molecule has 0 aliphatic carbocycles. The Kier molecular flexibility index (Phi) is 23.7. The zero-order chi connectivity index (χ0) is 32.3. The summed E-state index contributed by atoms with van der Waals surface area (Å²) in [7, 11) is 0. The molecule has 262 valence electrons. The van der Waals surface area contributed by atoms with E-state index in [2.05, 4.69) is 37.5 Å². The van der Waals surface area contributed by atoms with Crippen LogP contribution in [0.5, 0.6) is 11.5 Å². The molecule has 0 saturated heterocycles. The van der Waals surface area contributed by atoms with E-state index in [1.807, 2.05) is 24.3 Å². The summed E-state index contributed by atoms with van der Waals surface area (Å²) in [5, 5.41) is 0. The molecule has 5 nitrogen and oxygen atoms in total. The van der Waals surface area contributed by atoms with Crippen LogP contribution in [-0.4, -0.2) is 48.8 Å². The molecule has 0 amide bonds. The van der Waals surface area contributed by atoms with Gasteiger partial charge in [0.2, 0.25) is 0 Å². The van der Waals surface area contributed by atoms with E-state index in [0.29, 0.717) is 6.73 Å². The molecular formula is C40H74N2O3. The summed E-state index contributed by atoms with van der Waals surface area (Å²) in [6.07, 6.45) is 29.8. The van der Waals surface area contributed by atoms with Crippen LogP contribution < -0.4 is 9.47 Å². The highest BCUT2D eigenvalue weighted by Crippen LogP contribution is 2.34. The predicted octanol–water partition coefficient (Wildman–Crippen LogP) is 12.1. The van der Waals surface area contributed by atoms with Gasteiger partial charge in [-0.2, -0.15) is 0 Å². The molecule has 2 heterocycles. The normalized spacial score (nSPS) is 13.8. The zero-order valence-electron chi connectivity index (χ0n) is 30.4. The lowest BCUT2D eigenvalue weighted by Gasteiger charge is -2.41. The number of rotatable bonds is 32. The quantitative estimate of drug-likeness (QED) is 0.0584. The predicted molar refractivity (Wildman–Crippen MR) is 193 cm³/mol. The van der Waals surface area contributed by atoms with E-state index in [-0.39, 0.29) is 0 Å². The van der Waals surface area contributed by atoms with Crippen LogP contribution in [0, 0.1) is 0 Å². The van der Waals surface area contributed by atoms with E-state index in [9.17, 15) is 0 Å². The standard InChI is InChI=1S/C40H74N2O3/c1-5-9-13-17-21-25-33-41(34-26-22-18-14-10-6-2)37-43-40(44-38-29-30-39(45-40)32-31-38)42(35-27-23-19-15-11-7-3)36-28-24-20-16-12-8-4/h29-32H,5-28,33-37H2,1-4H3. The molecule has 2 aliphatic rings. The average molecular weight is 631 g/mol. The Labute approximate surface area is 280 Å². The Morgan fingerprint density at radius 1 is 0.444 bits per heavy atom. The third-order valence-electron chi connectivity index (χ3n) is 9.35. The summed E-state index contributed by atoms with van der Waals surface area (Å²) in [5.74, 6) is 1.65. The molecule has 0 unspecified atom stereocenters. The topological polar surface area (TPSA) is 34.2 Å². The van der Waals surface area contributed by atoms with Gasteiger partial charge in [-0.15, -0.1) is 0 Å². The summed E-state index contributed by atoms with van der Waals surface area (Å²) in [5.41, 5.74) is 0. The van der Waals surface area contributed by atoms with Gasteiger partial charge in [-0.25, -0.2) is 4.90 Å². The van der Waals surface area contributed by atoms with Gasteiger partial charge in [0.25, 0.3) is 0 Å². The third-order valence-corrected chi connectivity index (χ3v) is 9.35. The van der Waals surface area contributed by atoms with Gasteiger partial charge in [-0.3, -0.25) is 9.64 Å².